The molecule has 2 N–H and O–H groups in total. The molecule has 0 saturated carbocycles. The van der Waals surface area contributed by atoms with Gasteiger partial charge in [-0.1, -0.05) is 24.3 Å². The van der Waals surface area contributed by atoms with Crippen LogP contribution < -0.4 is 15.4 Å². The molecule has 0 radical (unpaired) electrons. The topological polar surface area (TPSA) is 123 Å². The van der Waals surface area contributed by atoms with Crippen LogP contribution in [0.1, 0.15) is 48.0 Å². The lowest BCUT2D eigenvalue weighted by Gasteiger charge is -2.26. The number of hydrogen-bond donors (Lipinski definition) is 2. The van der Waals surface area contributed by atoms with Crippen LogP contribution in [0.2, 0.25) is 0 Å². The van der Waals surface area contributed by atoms with Gasteiger partial charge in [0.15, 0.2) is 0 Å². The molecule has 3 heterocycles. The molecule has 0 unspecified atom stereocenters. The van der Waals surface area contributed by atoms with E-state index in [1.54, 1.807) is 29.2 Å². The second-order valence-corrected chi connectivity index (χ2v) is 8.80. The minimum atomic E-state index is -0.427. The van der Waals surface area contributed by atoms with Gasteiger partial charge >= 0.3 is 0 Å². The molecule has 1 saturated heterocycles. The van der Waals surface area contributed by atoms with Gasteiger partial charge in [0, 0.05) is 44.2 Å². The van der Waals surface area contributed by atoms with Gasteiger partial charge in [-0.05, 0) is 34.9 Å². The van der Waals surface area contributed by atoms with E-state index >= 15 is 0 Å². The zero-order valence-corrected chi connectivity index (χ0v) is 20.2. The first-order valence-corrected chi connectivity index (χ1v) is 12.2. The van der Waals surface area contributed by atoms with Gasteiger partial charge in [0.2, 0.25) is 0 Å². The summed E-state index contributed by atoms with van der Waals surface area (Å²) in [5, 5.41) is 5.62. The second kappa shape index (κ2) is 11.2. The predicted octanol–water partition coefficient (Wildman–Crippen LogP) is 1.74. The Kier molecular flexibility index (Phi) is 7.36. The minimum absolute atomic E-state index is 0.0316. The van der Waals surface area contributed by atoms with Crippen LogP contribution in [0.15, 0.2) is 54.9 Å². The van der Waals surface area contributed by atoms with Crippen LogP contribution in [0.5, 0.6) is 5.75 Å². The number of fused-ring (bicyclic) bond motifs is 1. The molecular formula is C27H27N5O5. The van der Waals surface area contributed by atoms with Gasteiger partial charge in [-0.2, -0.15) is 0 Å². The van der Waals surface area contributed by atoms with E-state index in [1.165, 1.54) is 12.4 Å². The molecule has 0 aliphatic carbocycles. The van der Waals surface area contributed by atoms with Gasteiger partial charge in [0.25, 0.3) is 17.7 Å². The van der Waals surface area contributed by atoms with Crippen molar-refractivity contribution in [1.29, 1.82) is 0 Å². The summed E-state index contributed by atoms with van der Waals surface area (Å²) in [6, 6.07) is 14.3. The number of morpholine rings is 1. The SMILES string of the molecule is O=C(NCc1ccc(C(=O)N2CCOCC2)cc1)c1cc(C(=O)NCc2ccc3c(c2)CCO3)ncn1. The van der Waals surface area contributed by atoms with Crippen LogP contribution in [-0.4, -0.2) is 65.5 Å². The van der Waals surface area contributed by atoms with Crippen molar-refractivity contribution in [3.8, 4) is 5.75 Å². The van der Waals surface area contributed by atoms with Crippen LogP contribution in [0.3, 0.4) is 0 Å². The number of nitrogens with zero attached hydrogens (tertiary/aromatic N) is 3. The average molecular weight is 502 g/mol. The van der Waals surface area contributed by atoms with Gasteiger partial charge in [-0.3, -0.25) is 14.4 Å². The Balaban J connectivity index is 1.13. The molecule has 3 aromatic rings. The van der Waals surface area contributed by atoms with Gasteiger partial charge < -0.3 is 25.0 Å². The minimum Gasteiger partial charge on any atom is -0.493 e. The summed E-state index contributed by atoms with van der Waals surface area (Å²) in [4.78, 5) is 47.6. The van der Waals surface area contributed by atoms with Gasteiger partial charge in [-0.15, -0.1) is 0 Å². The van der Waals surface area contributed by atoms with E-state index < -0.39 is 11.8 Å². The molecule has 2 aliphatic rings. The smallest absolute Gasteiger partial charge is 0.270 e. The monoisotopic (exact) mass is 501 g/mol. The number of amides is 3. The quantitative estimate of drug-likeness (QED) is 0.506. The molecule has 190 valence electrons. The summed E-state index contributed by atoms with van der Waals surface area (Å²) in [5.74, 6) is 0.0343. The Morgan fingerprint density at radius 3 is 2.16 bits per heavy atom. The summed E-state index contributed by atoms with van der Waals surface area (Å²) in [7, 11) is 0. The summed E-state index contributed by atoms with van der Waals surface area (Å²) in [6.07, 6.45) is 2.06. The van der Waals surface area contributed by atoms with Crippen LogP contribution in [0, 0.1) is 0 Å². The number of hydrogen-bond acceptors (Lipinski definition) is 7. The van der Waals surface area contributed by atoms with E-state index in [4.69, 9.17) is 9.47 Å². The maximum absolute atomic E-state index is 12.6. The Bertz CT molecular complexity index is 1300. The highest BCUT2D eigenvalue weighted by molar-refractivity contribution is 5.97. The predicted molar refractivity (Wildman–Crippen MR) is 133 cm³/mol. The lowest BCUT2D eigenvalue weighted by molar-refractivity contribution is 0.0303. The molecule has 1 fully saturated rings. The maximum Gasteiger partial charge on any atom is 0.270 e. The van der Waals surface area contributed by atoms with Crippen molar-refractivity contribution in [1.82, 2.24) is 25.5 Å². The van der Waals surface area contributed by atoms with E-state index in [9.17, 15) is 14.4 Å². The molecule has 10 nitrogen and oxygen atoms in total. The lowest BCUT2D eigenvalue weighted by atomic mass is 10.1. The first-order valence-electron chi connectivity index (χ1n) is 12.2. The first kappa shape index (κ1) is 24.4. The third kappa shape index (κ3) is 5.92. The molecule has 1 aromatic heterocycles. The Hall–Kier alpha value is -4.31. The number of aromatic nitrogens is 2. The van der Waals surface area contributed by atoms with Crippen LogP contribution in [0.4, 0.5) is 0 Å². The molecule has 0 bridgehead atoms. The van der Waals surface area contributed by atoms with Gasteiger partial charge in [0.05, 0.1) is 19.8 Å². The summed E-state index contributed by atoms with van der Waals surface area (Å²) < 4.78 is 10.8. The third-order valence-electron chi connectivity index (χ3n) is 6.29. The van der Waals surface area contributed by atoms with Crippen LogP contribution >= 0.6 is 0 Å². The van der Waals surface area contributed by atoms with E-state index in [0.717, 1.165) is 28.9 Å². The van der Waals surface area contributed by atoms with E-state index in [1.807, 2.05) is 18.2 Å². The molecule has 0 spiro atoms. The van der Waals surface area contributed by atoms with Gasteiger partial charge in [0.1, 0.15) is 23.5 Å². The fraction of sp³-hybridized carbons (Fsp3) is 0.296. The molecule has 5 rings (SSSR count). The average Bonchev–Trinajstić information content (AvgIpc) is 3.43. The Morgan fingerprint density at radius 1 is 0.811 bits per heavy atom. The summed E-state index contributed by atoms with van der Waals surface area (Å²) in [5.41, 5.74) is 3.72. The number of rotatable bonds is 7. The Labute approximate surface area is 214 Å². The van der Waals surface area contributed by atoms with E-state index in [0.29, 0.717) is 45.0 Å². The van der Waals surface area contributed by atoms with Crippen molar-refractivity contribution in [2.75, 3.05) is 32.9 Å². The van der Waals surface area contributed by atoms with Gasteiger partial charge in [-0.25, -0.2) is 9.97 Å². The van der Waals surface area contributed by atoms with Crippen molar-refractivity contribution in [3.63, 3.8) is 0 Å². The van der Waals surface area contributed by atoms with Crippen molar-refractivity contribution < 1.29 is 23.9 Å². The highest BCUT2D eigenvalue weighted by Gasteiger charge is 2.19. The number of carbonyl (C=O) groups excluding carboxylic acids is 3. The summed E-state index contributed by atoms with van der Waals surface area (Å²) in [6.45, 7) is 3.52. The summed E-state index contributed by atoms with van der Waals surface area (Å²) >= 11 is 0. The fourth-order valence-electron chi connectivity index (χ4n) is 4.22. The molecule has 37 heavy (non-hydrogen) atoms. The van der Waals surface area contributed by atoms with E-state index in [-0.39, 0.29) is 23.8 Å². The second-order valence-electron chi connectivity index (χ2n) is 8.80. The normalized spacial score (nSPS) is 14.4. The fourth-order valence-corrected chi connectivity index (χ4v) is 4.22. The zero-order valence-electron chi connectivity index (χ0n) is 20.2. The maximum atomic E-state index is 12.6. The molecule has 10 heteroatoms. The first-order chi connectivity index (χ1) is 18.1. The van der Waals surface area contributed by atoms with E-state index in [2.05, 4.69) is 20.6 Å². The highest BCUT2D eigenvalue weighted by Crippen LogP contribution is 2.25. The van der Waals surface area contributed by atoms with Crippen molar-refractivity contribution in [2.24, 2.45) is 0 Å². The number of ether oxygens (including phenoxy) is 2. The molecule has 2 aromatic carbocycles. The molecular weight excluding hydrogens is 474 g/mol. The Morgan fingerprint density at radius 2 is 1.46 bits per heavy atom. The third-order valence-corrected chi connectivity index (χ3v) is 6.29. The molecule has 0 atom stereocenters. The largest absolute Gasteiger partial charge is 0.493 e. The highest BCUT2D eigenvalue weighted by atomic mass is 16.5. The number of nitrogens with one attached hydrogen (secondary N) is 2. The van der Waals surface area contributed by atoms with Crippen LogP contribution in [0.25, 0.3) is 0 Å². The van der Waals surface area contributed by atoms with Crippen LogP contribution in [-0.2, 0) is 24.2 Å². The lowest BCUT2D eigenvalue weighted by Crippen LogP contribution is -2.40. The number of carbonyl (C=O) groups is 3. The molecule has 3 amide bonds. The van der Waals surface area contributed by atoms with Crippen molar-refractivity contribution in [3.05, 3.63) is 88.5 Å². The molecule has 2 aliphatic heterocycles. The zero-order chi connectivity index (χ0) is 25.6. The van der Waals surface area contributed by atoms with Crippen molar-refractivity contribution in [2.45, 2.75) is 19.5 Å². The number of benzene rings is 2. The van der Waals surface area contributed by atoms with Crippen molar-refractivity contribution >= 4 is 17.7 Å². The standard InChI is InChI=1S/C27H27N5O5/c33-25(28-15-18-1-4-20(5-2-18)27(35)32-8-11-36-12-9-32)22-14-23(31-17-30-22)26(34)29-16-19-3-6-24-21(13-19)7-10-37-24/h1-6,13-14,17H,7-12,15-16H2,(H,28,33)(H,29,34).